The molecular weight excluding hydrogens is 484 g/mol. The van der Waals surface area contributed by atoms with Gasteiger partial charge in [-0.25, -0.2) is 0 Å². The monoisotopic (exact) mass is 524 g/mol. The SMILES string of the molecule is CC(C)(C)OC(=O)[C@@H](CC=Cc1ccc(-c2ccccc2)cc1)[C@@H](C(=O)OCc1ccccc1)C1CCCC1. The normalized spacial score (nSPS) is 15.7. The largest absolute Gasteiger partial charge is 0.461 e. The molecule has 0 aromatic heterocycles. The molecule has 1 aliphatic rings. The Balaban J connectivity index is 1.53. The number of carbonyl (C=O) groups is 2. The van der Waals surface area contributed by atoms with Crippen LogP contribution < -0.4 is 0 Å². The number of allylic oxidation sites excluding steroid dienone is 1. The van der Waals surface area contributed by atoms with Gasteiger partial charge in [-0.15, -0.1) is 0 Å². The van der Waals surface area contributed by atoms with E-state index in [2.05, 4.69) is 36.4 Å². The number of hydrogen-bond donors (Lipinski definition) is 0. The summed E-state index contributed by atoms with van der Waals surface area (Å²) in [6, 6.07) is 28.3. The van der Waals surface area contributed by atoms with Gasteiger partial charge in [0, 0.05) is 0 Å². The van der Waals surface area contributed by atoms with Crippen molar-refractivity contribution < 1.29 is 19.1 Å². The number of esters is 2. The average Bonchev–Trinajstić information content (AvgIpc) is 3.46. The number of carbonyl (C=O) groups excluding carboxylic acids is 2. The molecule has 0 saturated heterocycles. The standard InChI is InChI=1S/C35H40O4/c1-35(2,3)39-33(36)31(20-12-15-26-21-23-29(24-22-26)28-16-8-5-9-17-28)32(30-18-10-11-19-30)34(37)38-25-27-13-6-4-7-14-27/h4-9,12-17,21-24,30-32H,10-11,18-20,25H2,1-3H3/t31-,32-/m0/s1. The van der Waals surface area contributed by atoms with Crippen molar-refractivity contribution in [3.63, 3.8) is 0 Å². The van der Waals surface area contributed by atoms with Crippen LogP contribution in [0.15, 0.2) is 91.0 Å². The molecule has 4 nitrogen and oxygen atoms in total. The summed E-state index contributed by atoms with van der Waals surface area (Å²) in [5, 5.41) is 0. The molecule has 204 valence electrons. The third-order valence-corrected chi connectivity index (χ3v) is 7.26. The van der Waals surface area contributed by atoms with Crippen LogP contribution in [0.1, 0.15) is 64.0 Å². The van der Waals surface area contributed by atoms with E-state index in [0.717, 1.165) is 42.4 Å². The van der Waals surface area contributed by atoms with Crippen molar-refractivity contribution in [1.82, 2.24) is 0 Å². The third-order valence-electron chi connectivity index (χ3n) is 7.26. The zero-order chi connectivity index (χ0) is 27.7. The van der Waals surface area contributed by atoms with E-state index in [0.29, 0.717) is 6.42 Å². The molecule has 0 spiro atoms. The van der Waals surface area contributed by atoms with Gasteiger partial charge in [0.25, 0.3) is 0 Å². The van der Waals surface area contributed by atoms with Gasteiger partial charge in [-0.1, -0.05) is 110 Å². The Morgan fingerprint density at radius 2 is 1.41 bits per heavy atom. The summed E-state index contributed by atoms with van der Waals surface area (Å²) in [5.41, 5.74) is 3.67. The molecule has 0 unspecified atom stereocenters. The first-order valence-corrected chi connectivity index (χ1v) is 14.1. The van der Waals surface area contributed by atoms with Gasteiger partial charge in [-0.3, -0.25) is 9.59 Å². The van der Waals surface area contributed by atoms with Gasteiger partial charge in [-0.05, 0) is 68.2 Å². The highest BCUT2D eigenvalue weighted by atomic mass is 16.6. The minimum Gasteiger partial charge on any atom is -0.461 e. The molecule has 4 rings (SSSR count). The van der Waals surface area contributed by atoms with Crippen LogP contribution in [0, 0.1) is 17.8 Å². The summed E-state index contributed by atoms with van der Waals surface area (Å²) >= 11 is 0. The van der Waals surface area contributed by atoms with Gasteiger partial charge in [-0.2, -0.15) is 0 Å². The Hall–Kier alpha value is -3.66. The van der Waals surface area contributed by atoms with Crippen LogP contribution in [-0.2, 0) is 25.7 Å². The van der Waals surface area contributed by atoms with Crippen LogP contribution in [0.3, 0.4) is 0 Å². The maximum atomic E-state index is 13.6. The van der Waals surface area contributed by atoms with Crippen molar-refractivity contribution in [3.05, 3.63) is 102 Å². The first kappa shape index (κ1) is 28.4. The van der Waals surface area contributed by atoms with Crippen molar-refractivity contribution in [3.8, 4) is 11.1 Å². The van der Waals surface area contributed by atoms with Crippen LogP contribution in [0.25, 0.3) is 17.2 Å². The first-order valence-electron chi connectivity index (χ1n) is 14.1. The Kier molecular flexibility index (Phi) is 9.75. The first-order chi connectivity index (χ1) is 18.8. The van der Waals surface area contributed by atoms with Crippen LogP contribution in [0.2, 0.25) is 0 Å². The molecule has 0 amide bonds. The molecule has 39 heavy (non-hydrogen) atoms. The Labute approximate surface area is 233 Å². The molecule has 1 saturated carbocycles. The van der Waals surface area contributed by atoms with E-state index in [9.17, 15) is 9.59 Å². The van der Waals surface area contributed by atoms with Crippen molar-refractivity contribution in [1.29, 1.82) is 0 Å². The predicted molar refractivity (Wildman–Crippen MR) is 157 cm³/mol. The summed E-state index contributed by atoms with van der Waals surface area (Å²) in [5.74, 6) is -1.65. The number of benzene rings is 3. The molecule has 0 aliphatic heterocycles. The second kappa shape index (κ2) is 13.4. The third kappa shape index (κ3) is 8.41. The predicted octanol–water partition coefficient (Wildman–Crippen LogP) is 8.26. The van der Waals surface area contributed by atoms with Crippen molar-refractivity contribution in [2.75, 3.05) is 0 Å². The van der Waals surface area contributed by atoms with E-state index in [1.807, 2.05) is 81.5 Å². The van der Waals surface area contributed by atoms with Gasteiger partial charge in [0.15, 0.2) is 0 Å². The van der Waals surface area contributed by atoms with E-state index in [4.69, 9.17) is 9.47 Å². The van der Waals surface area contributed by atoms with Gasteiger partial charge in [0.1, 0.15) is 12.2 Å². The molecule has 0 heterocycles. The lowest BCUT2D eigenvalue weighted by Crippen LogP contribution is -2.39. The van der Waals surface area contributed by atoms with E-state index in [1.54, 1.807) is 0 Å². The minimum absolute atomic E-state index is 0.115. The molecule has 1 aliphatic carbocycles. The van der Waals surface area contributed by atoms with Crippen LogP contribution in [-0.4, -0.2) is 17.5 Å². The lowest BCUT2D eigenvalue weighted by molar-refractivity contribution is -0.170. The fourth-order valence-corrected chi connectivity index (χ4v) is 5.36. The molecular formula is C35H40O4. The Morgan fingerprint density at radius 1 is 0.821 bits per heavy atom. The number of hydrogen-bond acceptors (Lipinski definition) is 4. The van der Waals surface area contributed by atoms with E-state index >= 15 is 0 Å². The number of rotatable bonds is 10. The van der Waals surface area contributed by atoms with Crippen molar-refractivity contribution in [2.24, 2.45) is 17.8 Å². The lowest BCUT2D eigenvalue weighted by Gasteiger charge is -2.31. The highest BCUT2D eigenvalue weighted by Crippen LogP contribution is 2.39. The molecule has 0 radical (unpaired) electrons. The zero-order valence-electron chi connectivity index (χ0n) is 23.3. The van der Waals surface area contributed by atoms with E-state index < -0.39 is 17.4 Å². The Morgan fingerprint density at radius 3 is 2.03 bits per heavy atom. The van der Waals surface area contributed by atoms with Gasteiger partial charge in [0.2, 0.25) is 0 Å². The van der Waals surface area contributed by atoms with Crippen molar-refractivity contribution >= 4 is 18.0 Å². The molecule has 1 fully saturated rings. The quantitative estimate of drug-likeness (QED) is 0.251. The Bertz CT molecular complexity index is 1220. The minimum atomic E-state index is -0.638. The highest BCUT2D eigenvalue weighted by molar-refractivity contribution is 5.83. The average molecular weight is 525 g/mol. The van der Waals surface area contributed by atoms with Gasteiger partial charge < -0.3 is 9.47 Å². The van der Waals surface area contributed by atoms with Crippen LogP contribution >= 0.6 is 0 Å². The summed E-state index contributed by atoms with van der Waals surface area (Å²) in [4.78, 5) is 27.1. The fraction of sp³-hybridized carbons (Fsp3) is 0.371. The summed E-state index contributed by atoms with van der Waals surface area (Å²) in [6.45, 7) is 5.80. The summed E-state index contributed by atoms with van der Waals surface area (Å²) in [7, 11) is 0. The topological polar surface area (TPSA) is 52.6 Å². The molecule has 3 aromatic carbocycles. The maximum absolute atomic E-state index is 13.6. The molecule has 0 N–H and O–H groups in total. The number of ether oxygens (including phenoxy) is 2. The van der Waals surface area contributed by atoms with Crippen molar-refractivity contribution in [2.45, 2.75) is 65.1 Å². The second-order valence-electron chi connectivity index (χ2n) is 11.4. The molecule has 3 aromatic rings. The zero-order valence-corrected chi connectivity index (χ0v) is 23.3. The highest BCUT2D eigenvalue weighted by Gasteiger charge is 2.42. The van der Waals surface area contributed by atoms with Gasteiger partial charge in [0.05, 0.1) is 11.8 Å². The smallest absolute Gasteiger partial charge is 0.310 e. The maximum Gasteiger partial charge on any atom is 0.310 e. The second-order valence-corrected chi connectivity index (χ2v) is 11.4. The fourth-order valence-electron chi connectivity index (χ4n) is 5.36. The molecule has 2 atom stereocenters. The molecule has 0 bridgehead atoms. The summed E-state index contributed by atoms with van der Waals surface area (Å²) < 4.78 is 11.7. The van der Waals surface area contributed by atoms with E-state index in [-0.39, 0.29) is 24.5 Å². The lowest BCUT2D eigenvalue weighted by atomic mass is 9.78. The van der Waals surface area contributed by atoms with Crippen LogP contribution in [0.4, 0.5) is 0 Å². The summed E-state index contributed by atoms with van der Waals surface area (Å²) in [6.07, 6.45) is 8.42. The molecule has 4 heteroatoms. The van der Waals surface area contributed by atoms with E-state index in [1.165, 1.54) is 5.56 Å². The van der Waals surface area contributed by atoms with Crippen LogP contribution in [0.5, 0.6) is 0 Å². The van der Waals surface area contributed by atoms with Gasteiger partial charge >= 0.3 is 11.9 Å².